The molecule has 20 heavy (non-hydrogen) atoms. The summed E-state index contributed by atoms with van der Waals surface area (Å²) in [5.74, 6) is 2.75. The van der Waals surface area contributed by atoms with Gasteiger partial charge in [0.2, 0.25) is 5.88 Å². The summed E-state index contributed by atoms with van der Waals surface area (Å²) < 4.78 is 7.54. The Labute approximate surface area is 118 Å². The van der Waals surface area contributed by atoms with Crippen molar-refractivity contribution in [3.8, 4) is 5.88 Å². The van der Waals surface area contributed by atoms with Crippen LogP contribution in [0.4, 0.5) is 5.69 Å². The van der Waals surface area contributed by atoms with Gasteiger partial charge in [0.25, 0.3) is 0 Å². The van der Waals surface area contributed by atoms with Crippen LogP contribution in [-0.2, 0) is 19.5 Å². The first-order chi connectivity index (χ1) is 9.86. The zero-order chi connectivity index (χ0) is 13.8. The van der Waals surface area contributed by atoms with Gasteiger partial charge in [-0.25, -0.2) is 4.98 Å². The third kappa shape index (κ3) is 2.74. The molecule has 0 atom stereocenters. The van der Waals surface area contributed by atoms with Gasteiger partial charge in [-0.15, -0.1) is 10.2 Å². The van der Waals surface area contributed by atoms with Gasteiger partial charge in [-0.1, -0.05) is 0 Å². The highest BCUT2D eigenvalue weighted by molar-refractivity contribution is 5.42. The molecule has 0 fully saturated rings. The Balaban J connectivity index is 1.63. The molecule has 0 amide bonds. The standard InChI is InChI=1S/C14H19N5O/c1-2-20-14-7-6-11(9-16-14)15-10-13-18-17-12-5-3-4-8-19(12)13/h6-7,9,15H,2-5,8,10H2,1H3. The van der Waals surface area contributed by atoms with E-state index in [0.29, 0.717) is 19.0 Å². The fourth-order valence-corrected chi connectivity index (χ4v) is 2.40. The van der Waals surface area contributed by atoms with Crippen molar-refractivity contribution in [1.82, 2.24) is 19.7 Å². The van der Waals surface area contributed by atoms with Crippen LogP contribution in [0.1, 0.15) is 31.4 Å². The van der Waals surface area contributed by atoms with Gasteiger partial charge in [0.05, 0.1) is 25.0 Å². The smallest absolute Gasteiger partial charge is 0.213 e. The monoisotopic (exact) mass is 273 g/mol. The predicted octanol–water partition coefficient (Wildman–Crippen LogP) is 2.02. The highest BCUT2D eigenvalue weighted by atomic mass is 16.5. The number of hydrogen-bond acceptors (Lipinski definition) is 5. The third-order valence-corrected chi connectivity index (χ3v) is 3.42. The Morgan fingerprint density at radius 1 is 1.30 bits per heavy atom. The maximum absolute atomic E-state index is 5.32. The van der Waals surface area contributed by atoms with Crippen LogP contribution in [0, 0.1) is 0 Å². The van der Waals surface area contributed by atoms with E-state index in [1.54, 1.807) is 6.20 Å². The minimum Gasteiger partial charge on any atom is -0.478 e. The second-order valence-electron chi connectivity index (χ2n) is 4.81. The van der Waals surface area contributed by atoms with Crippen LogP contribution in [0.25, 0.3) is 0 Å². The second kappa shape index (κ2) is 5.90. The number of aromatic nitrogens is 4. The number of rotatable bonds is 5. The molecule has 0 bridgehead atoms. The molecule has 1 aliphatic heterocycles. The molecule has 2 aromatic heterocycles. The van der Waals surface area contributed by atoms with E-state index in [2.05, 4.69) is 25.1 Å². The van der Waals surface area contributed by atoms with E-state index in [-0.39, 0.29) is 0 Å². The molecular formula is C14H19N5O. The lowest BCUT2D eigenvalue weighted by molar-refractivity contribution is 0.327. The van der Waals surface area contributed by atoms with Crippen molar-refractivity contribution in [2.75, 3.05) is 11.9 Å². The Morgan fingerprint density at radius 2 is 2.25 bits per heavy atom. The largest absolute Gasteiger partial charge is 0.478 e. The Hall–Kier alpha value is -2.11. The van der Waals surface area contributed by atoms with Gasteiger partial charge in [0.15, 0.2) is 5.82 Å². The number of nitrogens with zero attached hydrogens (tertiary/aromatic N) is 4. The van der Waals surface area contributed by atoms with E-state index in [9.17, 15) is 0 Å². The van der Waals surface area contributed by atoms with Crippen molar-refractivity contribution in [3.05, 3.63) is 30.0 Å². The summed E-state index contributed by atoms with van der Waals surface area (Å²) in [5, 5.41) is 11.8. The molecule has 1 N–H and O–H groups in total. The summed E-state index contributed by atoms with van der Waals surface area (Å²) in [6, 6.07) is 3.83. The fraction of sp³-hybridized carbons (Fsp3) is 0.500. The second-order valence-corrected chi connectivity index (χ2v) is 4.81. The Morgan fingerprint density at radius 3 is 3.05 bits per heavy atom. The highest BCUT2D eigenvalue weighted by Crippen LogP contribution is 2.16. The van der Waals surface area contributed by atoms with Gasteiger partial charge in [0.1, 0.15) is 5.82 Å². The topological polar surface area (TPSA) is 64.9 Å². The first-order valence-corrected chi connectivity index (χ1v) is 7.10. The lowest BCUT2D eigenvalue weighted by Crippen LogP contribution is -2.15. The highest BCUT2D eigenvalue weighted by Gasteiger charge is 2.15. The number of hydrogen-bond donors (Lipinski definition) is 1. The van der Waals surface area contributed by atoms with Crippen molar-refractivity contribution in [2.24, 2.45) is 0 Å². The molecule has 1 aliphatic rings. The van der Waals surface area contributed by atoms with Gasteiger partial charge in [0, 0.05) is 19.0 Å². The third-order valence-electron chi connectivity index (χ3n) is 3.42. The van der Waals surface area contributed by atoms with Crippen molar-refractivity contribution in [1.29, 1.82) is 0 Å². The van der Waals surface area contributed by atoms with Gasteiger partial charge in [-0.05, 0) is 25.8 Å². The van der Waals surface area contributed by atoms with Gasteiger partial charge in [-0.2, -0.15) is 0 Å². The van der Waals surface area contributed by atoms with E-state index in [1.807, 2.05) is 19.1 Å². The van der Waals surface area contributed by atoms with Crippen LogP contribution in [-0.4, -0.2) is 26.4 Å². The lowest BCUT2D eigenvalue weighted by Gasteiger charge is -2.15. The summed E-state index contributed by atoms with van der Waals surface area (Å²) in [7, 11) is 0. The minimum atomic E-state index is 0.631. The molecule has 0 spiro atoms. The van der Waals surface area contributed by atoms with Crippen molar-refractivity contribution >= 4 is 5.69 Å². The average Bonchev–Trinajstić information content (AvgIpc) is 2.90. The Bertz CT molecular complexity index is 563. The number of ether oxygens (including phenoxy) is 1. The van der Waals surface area contributed by atoms with Crippen molar-refractivity contribution < 1.29 is 4.74 Å². The summed E-state index contributed by atoms with van der Waals surface area (Å²) in [5.41, 5.74) is 0.960. The zero-order valence-corrected chi connectivity index (χ0v) is 11.7. The number of fused-ring (bicyclic) bond motifs is 1. The van der Waals surface area contributed by atoms with E-state index < -0.39 is 0 Å². The van der Waals surface area contributed by atoms with Crippen molar-refractivity contribution in [3.63, 3.8) is 0 Å². The molecule has 0 saturated heterocycles. The van der Waals surface area contributed by atoms with Crippen LogP contribution >= 0.6 is 0 Å². The molecule has 0 saturated carbocycles. The first kappa shape index (κ1) is 12.9. The van der Waals surface area contributed by atoms with E-state index in [0.717, 1.165) is 30.3 Å². The van der Waals surface area contributed by atoms with Crippen LogP contribution in [0.5, 0.6) is 5.88 Å². The van der Waals surface area contributed by atoms with Crippen LogP contribution in [0.2, 0.25) is 0 Å². The molecule has 2 aromatic rings. The maximum atomic E-state index is 5.32. The normalized spacial score (nSPS) is 13.8. The molecule has 6 nitrogen and oxygen atoms in total. The molecule has 106 valence electrons. The fourth-order valence-electron chi connectivity index (χ4n) is 2.40. The van der Waals surface area contributed by atoms with Gasteiger partial charge in [-0.3, -0.25) is 0 Å². The molecule has 0 radical (unpaired) electrons. The summed E-state index contributed by atoms with van der Waals surface area (Å²) in [6.07, 6.45) is 5.24. The molecule has 3 rings (SSSR count). The molecule has 0 aliphatic carbocycles. The van der Waals surface area contributed by atoms with E-state index in [1.165, 1.54) is 12.8 Å². The Kier molecular flexibility index (Phi) is 3.80. The van der Waals surface area contributed by atoms with Crippen molar-refractivity contribution in [2.45, 2.75) is 39.3 Å². The quantitative estimate of drug-likeness (QED) is 0.903. The van der Waals surface area contributed by atoms with E-state index in [4.69, 9.17) is 4.74 Å². The molecular weight excluding hydrogens is 254 g/mol. The average molecular weight is 273 g/mol. The SMILES string of the molecule is CCOc1ccc(NCc2nnc3n2CCCC3)cn1. The minimum absolute atomic E-state index is 0.631. The molecule has 0 aromatic carbocycles. The van der Waals surface area contributed by atoms with Gasteiger partial charge < -0.3 is 14.6 Å². The lowest BCUT2D eigenvalue weighted by atomic mass is 10.2. The van der Waals surface area contributed by atoms with Crippen LogP contribution in [0.3, 0.4) is 0 Å². The summed E-state index contributed by atoms with van der Waals surface area (Å²) in [6.45, 7) is 4.28. The molecule has 3 heterocycles. The molecule has 0 unspecified atom stereocenters. The van der Waals surface area contributed by atoms with E-state index >= 15 is 0 Å². The number of aryl methyl sites for hydroxylation is 1. The number of nitrogens with one attached hydrogen (secondary N) is 1. The maximum Gasteiger partial charge on any atom is 0.213 e. The molecule has 6 heteroatoms. The van der Waals surface area contributed by atoms with Crippen LogP contribution in [0.15, 0.2) is 18.3 Å². The predicted molar refractivity (Wildman–Crippen MR) is 75.7 cm³/mol. The zero-order valence-electron chi connectivity index (χ0n) is 11.7. The summed E-state index contributed by atoms with van der Waals surface area (Å²) in [4.78, 5) is 4.23. The number of pyridine rings is 1. The number of anilines is 1. The van der Waals surface area contributed by atoms with Gasteiger partial charge >= 0.3 is 0 Å². The summed E-state index contributed by atoms with van der Waals surface area (Å²) >= 11 is 0. The first-order valence-electron chi connectivity index (χ1n) is 7.10. The van der Waals surface area contributed by atoms with Crippen LogP contribution < -0.4 is 10.1 Å².